The van der Waals surface area contributed by atoms with Crippen LogP contribution in [-0.2, 0) is 11.2 Å². The van der Waals surface area contributed by atoms with Crippen LogP contribution in [0.1, 0.15) is 5.82 Å². The second kappa shape index (κ2) is 3.77. The van der Waals surface area contributed by atoms with E-state index >= 15 is 0 Å². The maximum atomic E-state index is 5.13. The summed E-state index contributed by atoms with van der Waals surface area (Å²) >= 11 is 1.05. The van der Waals surface area contributed by atoms with Crippen molar-refractivity contribution < 1.29 is 4.74 Å². The lowest BCUT2D eigenvalue weighted by Gasteiger charge is -2.05. The summed E-state index contributed by atoms with van der Waals surface area (Å²) in [7, 11) is 1.74. The van der Waals surface area contributed by atoms with Gasteiger partial charge in [-0.2, -0.15) is 0 Å². The number of aromatic amines is 1. The minimum Gasteiger partial charge on any atom is -0.397 e. The fraction of sp³-hybridized carbons (Fsp3) is 0.500. The molecule has 1 aromatic heterocycles. The van der Waals surface area contributed by atoms with Crippen LogP contribution in [0.5, 0.6) is 0 Å². The molecular weight excluding hydrogens is 143 g/mol. The van der Waals surface area contributed by atoms with E-state index in [9.17, 15) is 0 Å². The highest BCUT2D eigenvalue weighted by atomic mass is 27.0. The fourth-order valence-electron chi connectivity index (χ4n) is 0.765. The Balaban J connectivity index is 2.40. The molecule has 0 aliphatic carbocycles. The summed E-state index contributed by atoms with van der Waals surface area (Å²) in [6, 6.07) is 0. The maximum absolute atomic E-state index is 5.13. The van der Waals surface area contributed by atoms with Gasteiger partial charge in [0.05, 0.1) is 0 Å². The van der Waals surface area contributed by atoms with Gasteiger partial charge in [0.2, 0.25) is 0 Å². The first-order valence-corrected chi connectivity index (χ1v) is 4.49. The third-order valence-corrected chi connectivity index (χ3v) is 2.32. The summed E-state index contributed by atoms with van der Waals surface area (Å²) in [5.41, 5.74) is 0. The van der Waals surface area contributed by atoms with Crippen molar-refractivity contribution in [2.24, 2.45) is 0 Å². The number of methoxy groups -OCH3 is 1. The van der Waals surface area contributed by atoms with E-state index < -0.39 is 0 Å². The molecule has 3 nitrogen and oxygen atoms in total. The van der Waals surface area contributed by atoms with E-state index in [2.05, 4.69) is 9.97 Å². The average Bonchev–Trinajstić information content (AvgIpc) is 2.40. The number of hydrogen-bond donors (Lipinski definition) is 1. The first-order valence-electron chi connectivity index (χ1n) is 3.34. The fourth-order valence-corrected chi connectivity index (χ4v) is 1.15. The Morgan fingerprint density at radius 3 is 3.20 bits per heavy atom. The molecule has 0 spiro atoms. The number of aromatic nitrogens is 2. The van der Waals surface area contributed by atoms with Crippen molar-refractivity contribution in [3.8, 4) is 0 Å². The zero-order valence-electron chi connectivity index (χ0n) is 6.29. The van der Waals surface area contributed by atoms with Crippen LogP contribution in [0.3, 0.4) is 0 Å². The number of nitrogens with one attached hydrogen (secondary N) is 1. The molecule has 54 valence electrons. The van der Waals surface area contributed by atoms with Crippen molar-refractivity contribution >= 4 is 16.3 Å². The van der Waals surface area contributed by atoms with E-state index in [1.165, 1.54) is 0 Å². The standard InChI is InChI=1S/C6H9N2O.Al.2H/c1-9-5-2-6-7-3-4-8-6;;;/h3-5H,2H2,1H3,(H,7,8);;;. The Morgan fingerprint density at radius 2 is 2.70 bits per heavy atom. The van der Waals surface area contributed by atoms with Gasteiger partial charge in [0.1, 0.15) is 5.82 Å². The van der Waals surface area contributed by atoms with Crippen molar-refractivity contribution in [2.75, 3.05) is 7.11 Å². The van der Waals surface area contributed by atoms with E-state index in [1.807, 2.05) is 6.20 Å². The highest BCUT2D eigenvalue weighted by Crippen LogP contribution is 1.94. The van der Waals surface area contributed by atoms with Gasteiger partial charge in [-0.3, -0.25) is 0 Å². The van der Waals surface area contributed by atoms with Crippen LogP contribution in [0.15, 0.2) is 12.4 Å². The van der Waals surface area contributed by atoms with Gasteiger partial charge in [0.25, 0.3) is 16.3 Å². The van der Waals surface area contributed by atoms with Crippen LogP contribution < -0.4 is 0 Å². The molecular formula is C6H11AlN2O. The van der Waals surface area contributed by atoms with Gasteiger partial charge in [-0.05, 0) is 0 Å². The Morgan fingerprint density at radius 1 is 1.90 bits per heavy atom. The van der Waals surface area contributed by atoms with E-state index in [-0.39, 0.29) is 0 Å². The predicted molar refractivity (Wildman–Crippen MR) is 41.6 cm³/mol. The molecule has 1 N–H and O–H groups in total. The zero-order valence-corrected chi connectivity index (χ0v) is 8.29. The molecule has 10 heavy (non-hydrogen) atoms. The van der Waals surface area contributed by atoms with Gasteiger partial charge >= 0.3 is 0 Å². The van der Waals surface area contributed by atoms with Gasteiger partial charge in [-0.1, -0.05) is 0 Å². The van der Waals surface area contributed by atoms with E-state index in [0.29, 0.717) is 4.97 Å². The smallest absolute Gasteiger partial charge is 0.259 e. The van der Waals surface area contributed by atoms with Gasteiger partial charge in [-0.25, -0.2) is 4.98 Å². The molecule has 0 saturated carbocycles. The number of H-pyrrole nitrogens is 1. The second-order valence-electron chi connectivity index (χ2n) is 2.29. The van der Waals surface area contributed by atoms with Gasteiger partial charge in [-0.15, -0.1) is 0 Å². The lowest BCUT2D eigenvalue weighted by molar-refractivity contribution is 0.165. The molecule has 4 heteroatoms. The molecule has 1 atom stereocenters. The van der Waals surface area contributed by atoms with Gasteiger partial charge in [0.15, 0.2) is 0 Å². The molecule has 1 heterocycles. The van der Waals surface area contributed by atoms with Gasteiger partial charge in [0, 0.05) is 30.9 Å². The molecule has 1 rings (SSSR count). The number of hydrogen-bond acceptors (Lipinski definition) is 2. The van der Waals surface area contributed by atoms with Crippen molar-refractivity contribution in [3.63, 3.8) is 0 Å². The summed E-state index contributed by atoms with van der Waals surface area (Å²) in [4.78, 5) is 7.50. The monoisotopic (exact) mass is 154 g/mol. The van der Waals surface area contributed by atoms with Crippen LogP contribution in [0, 0.1) is 0 Å². The Labute approximate surface area is 68.2 Å². The molecule has 0 aliphatic rings. The van der Waals surface area contributed by atoms with Crippen molar-refractivity contribution in [2.45, 2.75) is 11.4 Å². The highest BCUT2D eigenvalue weighted by Gasteiger charge is 2.01. The molecule has 0 amide bonds. The largest absolute Gasteiger partial charge is 0.397 e. The molecule has 0 aliphatic heterocycles. The molecule has 1 unspecified atom stereocenters. The minimum absolute atomic E-state index is 0.381. The third kappa shape index (κ3) is 2.14. The van der Waals surface area contributed by atoms with Crippen LogP contribution >= 0.6 is 0 Å². The average molecular weight is 154 g/mol. The van der Waals surface area contributed by atoms with Crippen LogP contribution in [0.4, 0.5) is 0 Å². The molecule has 0 fully saturated rings. The maximum Gasteiger partial charge on any atom is 0.259 e. The minimum atomic E-state index is 0.381. The SMILES string of the molecule is CO[CH]([AlH2])Cc1ncc[nH]1. The van der Waals surface area contributed by atoms with Crippen LogP contribution in [0.25, 0.3) is 0 Å². The Bertz CT molecular complexity index is 176. The topological polar surface area (TPSA) is 37.9 Å². The normalized spacial score (nSPS) is 13.3. The lowest BCUT2D eigenvalue weighted by atomic mass is 10.4. The second-order valence-corrected chi connectivity index (χ2v) is 3.57. The van der Waals surface area contributed by atoms with E-state index in [0.717, 1.165) is 28.5 Å². The van der Waals surface area contributed by atoms with Crippen LogP contribution in [0.2, 0.25) is 0 Å². The van der Waals surface area contributed by atoms with E-state index in [4.69, 9.17) is 4.74 Å². The third-order valence-electron chi connectivity index (χ3n) is 1.44. The first kappa shape index (κ1) is 7.81. The lowest BCUT2D eigenvalue weighted by Crippen LogP contribution is -2.14. The van der Waals surface area contributed by atoms with Crippen molar-refractivity contribution in [1.82, 2.24) is 9.97 Å². The predicted octanol–water partition coefficient (Wildman–Crippen LogP) is -0.442. The number of ether oxygens (including phenoxy) is 1. The molecule has 1 aromatic rings. The van der Waals surface area contributed by atoms with Gasteiger partial charge < -0.3 is 9.72 Å². The van der Waals surface area contributed by atoms with E-state index in [1.54, 1.807) is 13.3 Å². The Kier molecular flexibility index (Phi) is 2.94. The zero-order chi connectivity index (χ0) is 7.40. The quantitative estimate of drug-likeness (QED) is 0.599. The Hall–Kier alpha value is -0.298. The van der Waals surface area contributed by atoms with Crippen molar-refractivity contribution in [3.05, 3.63) is 18.2 Å². The summed E-state index contributed by atoms with van der Waals surface area (Å²) in [5.74, 6) is 1.02. The number of nitrogens with zero attached hydrogens (tertiary/aromatic N) is 1. The highest BCUT2D eigenvalue weighted by molar-refractivity contribution is 6.11. The summed E-state index contributed by atoms with van der Waals surface area (Å²) < 4.78 is 5.13. The molecule has 0 saturated heterocycles. The number of imidazole rings is 1. The molecule has 0 bridgehead atoms. The summed E-state index contributed by atoms with van der Waals surface area (Å²) in [5, 5.41) is 0. The number of rotatable bonds is 3. The molecule has 0 radical (unpaired) electrons. The van der Waals surface area contributed by atoms with Crippen LogP contribution in [-0.4, -0.2) is 38.3 Å². The van der Waals surface area contributed by atoms with Crippen molar-refractivity contribution in [1.29, 1.82) is 0 Å². The first-order chi connectivity index (χ1) is 4.83. The summed E-state index contributed by atoms with van der Waals surface area (Å²) in [6.45, 7) is 0. The summed E-state index contributed by atoms with van der Waals surface area (Å²) in [6.07, 6.45) is 4.51. The molecule has 0 aromatic carbocycles.